The van der Waals surface area contributed by atoms with Crippen molar-refractivity contribution in [2.75, 3.05) is 39.8 Å². The second kappa shape index (κ2) is 4.55. The molecule has 2 N–H and O–H groups in total. The number of hydrogen-bond donors (Lipinski definition) is 2. The van der Waals surface area contributed by atoms with Crippen molar-refractivity contribution in [2.45, 2.75) is 6.10 Å². The van der Waals surface area contributed by atoms with Crippen molar-refractivity contribution in [3.05, 3.63) is 0 Å². The predicted octanol–water partition coefficient (Wildman–Crippen LogP) is -1.89. The Morgan fingerprint density at radius 2 is 2.15 bits per heavy atom. The minimum absolute atomic E-state index is 0.311. The largest absolute Gasteiger partial charge is 0.390 e. The number of β-amino-alcohol motifs (C(OH)–C–C–N with tert-alkyl or cyclic N) is 1. The SMILES string of the molecule is CN1CCN(C(=O)CO)CC(O)C1. The smallest absolute Gasteiger partial charge is 0.248 e. The van der Waals surface area contributed by atoms with Gasteiger partial charge in [-0.25, -0.2) is 0 Å². The van der Waals surface area contributed by atoms with Crippen molar-refractivity contribution >= 4 is 5.91 Å². The van der Waals surface area contributed by atoms with Gasteiger partial charge in [-0.15, -0.1) is 0 Å². The fourth-order valence-corrected chi connectivity index (χ4v) is 1.47. The summed E-state index contributed by atoms with van der Waals surface area (Å²) in [6.07, 6.45) is -0.511. The van der Waals surface area contributed by atoms with Crippen LogP contribution in [0.4, 0.5) is 0 Å². The highest BCUT2D eigenvalue weighted by atomic mass is 16.3. The van der Waals surface area contributed by atoms with E-state index in [-0.39, 0.29) is 5.91 Å². The molecule has 0 aliphatic carbocycles. The zero-order valence-electron chi connectivity index (χ0n) is 7.81. The standard InChI is InChI=1S/C8H16N2O3/c1-9-2-3-10(8(13)6-11)5-7(12)4-9/h7,11-12H,2-6H2,1H3. The van der Waals surface area contributed by atoms with Gasteiger partial charge in [0.2, 0.25) is 5.91 Å². The van der Waals surface area contributed by atoms with Crippen molar-refractivity contribution < 1.29 is 15.0 Å². The lowest BCUT2D eigenvalue weighted by atomic mass is 10.3. The maximum absolute atomic E-state index is 11.1. The maximum atomic E-state index is 11.1. The predicted molar refractivity (Wildman–Crippen MR) is 47.2 cm³/mol. The molecule has 1 heterocycles. The van der Waals surface area contributed by atoms with E-state index in [1.54, 1.807) is 0 Å². The summed E-state index contributed by atoms with van der Waals surface area (Å²) in [5, 5.41) is 18.1. The fraction of sp³-hybridized carbons (Fsp3) is 0.875. The Bertz CT molecular complexity index is 186. The molecule has 1 unspecified atom stereocenters. The van der Waals surface area contributed by atoms with Crippen LogP contribution in [0, 0.1) is 0 Å². The number of hydrogen-bond acceptors (Lipinski definition) is 4. The van der Waals surface area contributed by atoms with E-state index in [1.807, 2.05) is 11.9 Å². The highest BCUT2D eigenvalue weighted by Gasteiger charge is 2.21. The zero-order valence-corrected chi connectivity index (χ0v) is 7.81. The molecule has 1 amide bonds. The molecule has 1 aliphatic rings. The van der Waals surface area contributed by atoms with Crippen LogP contribution in [-0.4, -0.2) is 71.9 Å². The zero-order chi connectivity index (χ0) is 9.84. The van der Waals surface area contributed by atoms with E-state index in [4.69, 9.17) is 5.11 Å². The molecule has 1 atom stereocenters. The van der Waals surface area contributed by atoms with Gasteiger partial charge >= 0.3 is 0 Å². The van der Waals surface area contributed by atoms with Crippen LogP contribution in [0.1, 0.15) is 0 Å². The van der Waals surface area contributed by atoms with Gasteiger partial charge in [-0.2, -0.15) is 0 Å². The minimum atomic E-state index is -0.511. The second-order valence-electron chi connectivity index (χ2n) is 3.41. The van der Waals surface area contributed by atoms with E-state index >= 15 is 0 Å². The van der Waals surface area contributed by atoms with Crippen LogP contribution in [0.2, 0.25) is 0 Å². The van der Waals surface area contributed by atoms with Crippen molar-refractivity contribution in [3.63, 3.8) is 0 Å². The number of rotatable bonds is 1. The molecule has 0 aromatic rings. The van der Waals surface area contributed by atoms with Crippen LogP contribution in [0.3, 0.4) is 0 Å². The van der Waals surface area contributed by atoms with Crippen LogP contribution >= 0.6 is 0 Å². The summed E-state index contributed by atoms with van der Waals surface area (Å²) in [6.45, 7) is 1.74. The summed E-state index contributed by atoms with van der Waals surface area (Å²) in [5.41, 5.74) is 0. The number of amides is 1. The molecule has 0 bridgehead atoms. The van der Waals surface area contributed by atoms with E-state index in [0.717, 1.165) is 6.54 Å². The molecule has 5 heteroatoms. The summed E-state index contributed by atoms with van der Waals surface area (Å²) in [5.74, 6) is -0.311. The summed E-state index contributed by atoms with van der Waals surface area (Å²) in [6, 6.07) is 0. The molecule has 1 fully saturated rings. The van der Waals surface area contributed by atoms with Crippen LogP contribution < -0.4 is 0 Å². The van der Waals surface area contributed by atoms with Gasteiger partial charge in [0.1, 0.15) is 6.61 Å². The molecular weight excluding hydrogens is 172 g/mol. The molecule has 5 nitrogen and oxygen atoms in total. The molecule has 0 radical (unpaired) electrons. The Morgan fingerprint density at radius 1 is 1.46 bits per heavy atom. The first-order chi connectivity index (χ1) is 6.13. The average molecular weight is 188 g/mol. The molecule has 1 saturated heterocycles. The summed E-state index contributed by atoms with van der Waals surface area (Å²) < 4.78 is 0. The van der Waals surface area contributed by atoms with Crippen molar-refractivity contribution in [1.29, 1.82) is 0 Å². The van der Waals surface area contributed by atoms with E-state index in [9.17, 15) is 9.90 Å². The molecule has 0 saturated carbocycles. The Labute approximate surface area is 77.6 Å². The van der Waals surface area contributed by atoms with E-state index in [0.29, 0.717) is 19.6 Å². The number of nitrogens with zero attached hydrogens (tertiary/aromatic N) is 2. The first-order valence-electron chi connectivity index (χ1n) is 4.38. The number of carbonyl (C=O) groups is 1. The summed E-state index contributed by atoms with van der Waals surface area (Å²) >= 11 is 0. The number of carbonyl (C=O) groups excluding carboxylic acids is 1. The Balaban J connectivity index is 2.52. The number of likely N-dealkylation sites (N-methyl/N-ethyl adjacent to an activating group) is 1. The van der Waals surface area contributed by atoms with E-state index < -0.39 is 12.7 Å². The molecule has 76 valence electrons. The van der Waals surface area contributed by atoms with Crippen molar-refractivity contribution in [1.82, 2.24) is 9.80 Å². The number of aliphatic hydroxyl groups is 2. The lowest BCUT2D eigenvalue weighted by molar-refractivity contribution is -0.135. The van der Waals surface area contributed by atoms with Gasteiger partial charge in [-0.3, -0.25) is 4.79 Å². The number of aliphatic hydroxyl groups excluding tert-OH is 2. The molecule has 1 aliphatic heterocycles. The lowest BCUT2D eigenvalue weighted by Crippen LogP contribution is -2.39. The third-order valence-corrected chi connectivity index (χ3v) is 2.19. The van der Waals surface area contributed by atoms with Gasteiger partial charge in [0.05, 0.1) is 6.10 Å². The van der Waals surface area contributed by atoms with Gasteiger partial charge in [-0.1, -0.05) is 0 Å². The van der Waals surface area contributed by atoms with Gasteiger partial charge < -0.3 is 20.0 Å². The van der Waals surface area contributed by atoms with Gasteiger partial charge in [0.25, 0.3) is 0 Å². The molecule has 1 rings (SSSR count). The van der Waals surface area contributed by atoms with Gasteiger partial charge in [-0.05, 0) is 7.05 Å². The highest BCUT2D eigenvalue weighted by molar-refractivity contribution is 5.77. The van der Waals surface area contributed by atoms with Crippen LogP contribution in [-0.2, 0) is 4.79 Å². The Kier molecular flexibility index (Phi) is 3.65. The third-order valence-electron chi connectivity index (χ3n) is 2.19. The highest BCUT2D eigenvalue weighted by Crippen LogP contribution is 2.01. The average Bonchev–Trinajstić information content (AvgIpc) is 2.25. The molecule has 0 aromatic heterocycles. The molecule has 13 heavy (non-hydrogen) atoms. The van der Waals surface area contributed by atoms with Crippen LogP contribution in [0.25, 0.3) is 0 Å². The van der Waals surface area contributed by atoms with Crippen molar-refractivity contribution in [2.24, 2.45) is 0 Å². The van der Waals surface area contributed by atoms with Crippen LogP contribution in [0.5, 0.6) is 0 Å². The second-order valence-corrected chi connectivity index (χ2v) is 3.41. The fourth-order valence-electron chi connectivity index (χ4n) is 1.47. The lowest BCUT2D eigenvalue weighted by Gasteiger charge is -2.20. The Hall–Kier alpha value is -0.650. The topological polar surface area (TPSA) is 64.0 Å². The van der Waals surface area contributed by atoms with Crippen molar-refractivity contribution in [3.8, 4) is 0 Å². The Morgan fingerprint density at radius 3 is 2.77 bits per heavy atom. The first-order valence-corrected chi connectivity index (χ1v) is 4.38. The normalized spacial score (nSPS) is 25.8. The van der Waals surface area contributed by atoms with Gasteiger partial charge in [0, 0.05) is 26.2 Å². The van der Waals surface area contributed by atoms with Gasteiger partial charge in [0.15, 0.2) is 0 Å². The van der Waals surface area contributed by atoms with E-state index in [1.165, 1.54) is 4.90 Å². The van der Waals surface area contributed by atoms with Crippen LogP contribution in [0.15, 0.2) is 0 Å². The van der Waals surface area contributed by atoms with E-state index in [2.05, 4.69) is 0 Å². The maximum Gasteiger partial charge on any atom is 0.248 e. The molecule has 0 spiro atoms. The monoisotopic (exact) mass is 188 g/mol. The molecular formula is C8H16N2O3. The molecule has 0 aromatic carbocycles. The summed E-state index contributed by atoms with van der Waals surface area (Å²) in [7, 11) is 1.90. The minimum Gasteiger partial charge on any atom is -0.390 e. The quantitative estimate of drug-likeness (QED) is 0.505. The summed E-state index contributed by atoms with van der Waals surface area (Å²) in [4.78, 5) is 14.6. The third kappa shape index (κ3) is 2.95. The first kappa shape index (κ1) is 10.4.